The molecule has 1 heterocycles. The van der Waals surface area contributed by atoms with Gasteiger partial charge in [-0.05, 0) is 20.0 Å². The zero-order valence-corrected chi connectivity index (χ0v) is 9.10. The topological polar surface area (TPSA) is 38.1 Å². The van der Waals surface area contributed by atoms with Crippen molar-refractivity contribution in [2.24, 2.45) is 0 Å². The summed E-state index contributed by atoms with van der Waals surface area (Å²) in [5, 5.41) is 3.04. The minimum atomic E-state index is -0.496. The van der Waals surface area contributed by atoms with Crippen molar-refractivity contribution in [2.45, 2.75) is 13.0 Å². The van der Waals surface area contributed by atoms with Gasteiger partial charge in [-0.2, -0.15) is 0 Å². The van der Waals surface area contributed by atoms with Crippen LogP contribution in [-0.4, -0.2) is 12.0 Å². The first-order valence-corrected chi connectivity index (χ1v) is 4.92. The van der Waals surface area contributed by atoms with Crippen molar-refractivity contribution < 1.29 is 8.81 Å². The van der Waals surface area contributed by atoms with Crippen LogP contribution in [0.1, 0.15) is 18.9 Å². The number of fused-ring (bicyclic) bond motifs is 1. The standard InChI is InChI=1S/C10H10ClFN2O/c1-5(13-2)10-14-8-3-6(11)7(12)4-9(8)15-10/h3-5,13H,1-2H3. The lowest BCUT2D eigenvalue weighted by atomic mass is 10.3. The number of nitrogens with one attached hydrogen (secondary N) is 1. The largest absolute Gasteiger partial charge is 0.439 e. The molecule has 0 saturated heterocycles. The van der Waals surface area contributed by atoms with Crippen LogP contribution in [0.2, 0.25) is 5.02 Å². The average Bonchev–Trinajstić information content (AvgIpc) is 2.60. The van der Waals surface area contributed by atoms with Gasteiger partial charge in [0.05, 0.1) is 11.1 Å². The molecule has 0 aliphatic rings. The highest BCUT2D eigenvalue weighted by Gasteiger charge is 2.13. The van der Waals surface area contributed by atoms with Gasteiger partial charge in [-0.25, -0.2) is 9.37 Å². The molecular formula is C10H10ClFN2O. The van der Waals surface area contributed by atoms with Gasteiger partial charge in [0.1, 0.15) is 11.3 Å². The maximum Gasteiger partial charge on any atom is 0.212 e. The Hall–Kier alpha value is -1.13. The van der Waals surface area contributed by atoms with Crippen LogP contribution < -0.4 is 5.32 Å². The molecule has 1 N–H and O–H groups in total. The third-order valence-corrected chi connectivity index (χ3v) is 2.54. The quantitative estimate of drug-likeness (QED) is 0.859. The van der Waals surface area contributed by atoms with E-state index in [1.54, 1.807) is 7.05 Å². The van der Waals surface area contributed by atoms with E-state index in [9.17, 15) is 4.39 Å². The Morgan fingerprint density at radius 3 is 2.93 bits per heavy atom. The first-order valence-electron chi connectivity index (χ1n) is 4.54. The lowest BCUT2D eigenvalue weighted by molar-refractivity contribution is 0.455. The van der Waals surface area contributed by atoms with Crippen LogP contribution in [0, 0.1) is 5.82 Å². The molecule has 1 atom stereocenters. The Kier molecular flexibility index (Phi) is 2.63. The number of oxazole rings is 1. The van der Waals surface area contributed by atoms with Crippen molar-refractivity contribution in [1.29, 1.82) is 0 Å². The molecule has 1 unspecified atom stereocenters. The van der Waals surface area contributed by atoms with Crippen molar-refractivity contribution in [3.05, 3.63) is 28.9 Å². The summed E-state index contributed by atoms with van der Waals surface area (Å²) in [6, 6.07) is 2.69. The van der Waals surface area contributed by atoms with E-state index in [1.807, 2.05) is 6.92 Å². The van der Waals surface area contributed by atoms with Gasteiger partial charge < -0.3 is 9.73 Å². The number of benzene rings is 1. The molecule has 0 saturated carbocycles. The van der Waals surface area contributed by atoms with Crippen LogP contribution in [-0.2, 0) is 0 Å². The van der Waals surface area contributed by atoms with Gasteiger partial charge in [-0.3, -0.25) is 0 Å². The van der Waals surface area contributed by atoms with Crippen LogP contribution in [0.15, 0.2) is 16.5 Å². The molecule has 3 nitrogen and oxygen atoms in total. The van der Waals surface area contributed by atoms with Crippen molar-refractivity contribution in [3.63, 3.8) is 0 Å². The van der Waals surface area contributed by atoms with Crippen molar-refractivity contribution >= 4 is 22.7 Å². The van der Waals surface area contributed by atoms with Crippen molar-refractivity contribution in [2.75, 3.05) is 7.05 Å². The number of hydrogen-bond acceptors (Lipinski definition) is 3. The summed E-state index contributed by atoms with van der Waals surface area (Å²) >= 11 is 5.64. The Morgan fingerprint density at radius 1 is 1.53 bits per heavy atom. The highest BCUT2D eigenvalue weighted by molar-refractivity contribution is 6.31. The number of aromatic nitrogens is 1. The summed E-state index contributed by atoms with van der Waals surface area (Å²) in [5.74, 6) is 0.0261. The predicted octanol–water partition coefficient (Wildman–Crippen LogP) is 2.90. The molecule has 0 spiro atoms. The average molecular weight is 229 g/mol. The molecule has 0 aliphatic heterocycles. The Labute approximate surface area is 91.2 Å². The monoisotopic (exact) mass is 228 g/mol. The molecule has 0 amide bonds. The number of nitrogens with zero attached hydrogens (tertiary/aromatic N) is 1. The maximum absolute atomic E-state index is 13.1. The van der Waals surface area contributed by atoms with Gasteiger partial charge in [0.2, 0.25) is 5.89 Å². The van der Waals surface area contributed by atoms with E-state index in [0.29, 0.717) is 17.0 Å². The molecule has 0 aliphatic carbocycles. The SMILES string of the molecule is CNC(C)c1nc2cc(Cl)c(F)cc2o1. The van der Waals surface area contributed by atoms with Crippen LogP contribution in [0.5, 0.6) is 0 Å². The highest BCUT2D eigenvalue weighted by atomic mass is 35.5. The summed E-state index contributed by atoms with van der Waals surface area (Å²) in [4.78, 5) is 4.21. The lowest BCUT2D eigenvalue weighted by Gasteiger charge is -2.02. The highest BCUT2D eigenvalue weighted by Crippen LogP contribution is 2.25. The molecule has 0 radical (unpaired) electrons. The number of hydrogen-bond donors (Lipinski definition) is 1. The summed E-state index contributed by atoms with van der Waals surface area (Å²) in [6.45, 7) is 1.91. The summed E-state index contributed by atoms with van der Waals surface area (Å²) in [7, 11) is 1.80. The molecular weight excluding hydrogens is 219 g/mol. The second-order valence-corrected chi connectivity index (χ2v) is 3.70. The van der Waals surface area contributed by atoms with Gasteiger partial charge in [-0.15, -0.1) is 0 Å². The van der Waals surface area contributed by atoms with Gasteiger partial charge in [0, 0.05) is 6.07 Å². The molecule has 80 valence electrons. The molecule has 1 aromatic carbocycles. The zero-order valence-electron chi connectivity index (χ0n) is 8.34. The van der Waals surface area contributed by atoms with Crippen molar-refractivity contribution in [3.8, 4) is 0 Å². The first kappa shape index (κ1) is 10.4. The fraction of sp³-hybridized carbons (Fsp3) is 0.300. The van der Waals surface area contributed by atoms with E-state index >= 15 is 0 Å². The smallest absolute Gasteiger partial charge is 0.212 e. The van der Waals surface area contributed by atoms with Gasteiger partial charge in [-0.1, -0.05) is 11.6 Å². The zero-order chi connectivity index (χ0) is 11.0. The summed E-state index contributed by atoms with van der Waals surface area (Å²) in [5.41, 5.74) is 0.979. The number of halogens is 2. The molecule has 2 rings (SSSR count). The summed E-state index contributed by atoms with van der Waals surface area (Å²) < 4.78 is 18.5. The Balaban J connectivity index is 2.56. The van der Waals surface area contributed by atoms with Crippen LogP contribution >= 0.6 is 11.6 Å². The Morgan fingerprint density at radius 2 is 2.27 bits per heavy atom. The van der Waals surface area contributed by atoms with E-state index < -0.39 is 5.82 Å². The van der Waals surface area contributed by atoms with E-state index in [4.69, 9.17) is 16.0 Å². The molecule has 15 heavy (non-hydrogen) atoms. The predicted molar refractivity (Wildman–Crippen MR) is 56.5 cm³/mol. The van der Waals surface area contributed by atoms with Crippen LogP contribution in [0.3, 0.4) is 0 Å². The second kappa shape index (κ2) is 3.79. The molecule has 0 fully saturated rings. The summed E-state index contributed by atoms with van der Waals surface area (Å²) in [6.07, 6.45) is 0. The maximum atomic E-state index is 13.1. The van der Waals surface area contributed by atoms with E-state index in [0.717, 1.165) is 0 Å². The third kappa shape index (κ3) is 1.82. The molecule has 5 heteroatoms. The molecule has 1 aromatic heterocycles. The van der Waals surface area contributed by atoms with Gasteiger partial charge >= 0.3 is 0 Å². The normalized spacial score (nSPS) is 13.3. The van der Waals surface area contributed by atoms with E-state index in [2.05, 4.69) is 10.3 Å². The van der Waals surface area contributed by atoms with E-state index in [-0.39, 0.29) is 11.1 Å². The second-order valence-electron chi connectivity index (χ2n) is 3.30. The minimum Gasteiger partial charge on any atom is -0.439 e. The van der Waals surface area contributed by atoms with Crippen LogP contribution in [0.25, 0.3) is 11.1 Å². The Bertz CT molecular complexity index is 458. The van der Waals surface area contributed by atoms with E-state index in [1.165, 1.54) is 12.1 Å². The molecule has 0 bridgehead atoms. The first-order chi connectivity index (χ1) is 7.11. The van der Waals surface area contributed by atoms with Crippen molar-refractivity contribution in [1.82, 2.24) is 10.3 Å². The number of rotatable bonds is 2. The molecule has 2 aromatic rings. The fourth-order valence-corrected chi connectivity index (χ4v) is 1.41. The lowest BCUT2D eigenvalue weighted by Crippen LogP contribution is -2.12. The third-order valence-electron chi connectivity index (χ3n) is 2.25. The van der Waals surface area contributed by atoms with Gasteiger partial charge in [0.15, 0.2) is 5.58 Å². The minimum absolute atomic E-state index is 0.0146. The van der Waals surface area contributed by atoms with Gasteiger partial charge in [0.25, 0.3) is 0 Å². The fourth-order valence-electron chi connectivity index (χ4n) is 1.25. The van der Waals surface area contributed by atoms with Crippen LogP contribution in [0.4, 0.5) is 4.39 Å².